The molecule has 0 bridgehead atoms. The van der Waals surface area contributed by atoms with Crippen LogP contribution in [0, 0.1) is 0 Å². The van der Waals surface area contributed by atoms with Gasteiger partial charge >= 0.3 is 0 Å². The van der Waals surface area contributed by atoms with Gasteiger partial charge in [0, 0.05) is 0 Å². The number of fused-ring (bicyclic) bond motifs is 1. The number of thiophene rings is 1. The van der Waals surface area contributed by atoms with Crippen molar-refractivity contribution in [1.29, 1.82) is 0 Å². The smallest absolute Gasteiger partial charge is 0.134 e. The van der Waals surface area contributed by atoms with Gasteiger partial charge in [-0.05, 0) is 29.1 Å². The zero-order valence-corrected chi connectivity index (χ0v) is 10.5. The monoisotopic (exact) mass is 259 g/mol. The van der Waals surface area contributed by atoms with Crippen molar-refractivity contribution in [3.63, 3.8) is 0 Å². The van der Waals surface area contributed by atoms with Crippen LogP contribution < -0.4 is 5.84 Å². The number of hydrazone groups is 1. The van der Waals surface area contributed by atoms with Crippen LogP contribution in [0.4, 0.5) is 0 Å². The van der Waals surface area contributed by atoms with E-state index in [9.17, 15) is 0 Å². The number of hydrogen-bond donors (Lipinski definition) is 1. The molecule has 1 aromatic carbocycles. The van der Waals surface area contributed by atoms with Gasteiger partial charge in [-0.2, -0.15) is 5.10 Å². The molecule has 0 saturated heterocycles. The number of aromatic nitrogens is 1. The van der Waals surface area contributed by atoms with Gasteiger partial charge in [-0.15, -0.1) is 22.7 Å². The van der Waals surface area contributed by atoms with Gasteiger partial charge in [0.1, 0.15) is 5.01 Å². The van der Waals surface area contributed by atoms with Crippen molar-refractivity contribution in [3.05, 3.63) is 41.3 Å². The standard InChI is InChI=1S/C12H9N3S2/c13-14-7-8-3-4-9-11(6-8)17-12(15-9)10-2-1-5-16-10/h1-7H,13H2. The molecule has 3 rings (SSSR count). The Labute approximate surface area is 106 Å². The highest BCUT2D eigenvalue weighted by atomic mass is 32.1. The van der Waals surface area contributed by atoms with Crippen molar-refractivity contribution >= 4 is 39.1 Å². The number of nitrogens with two attached hydrogens (primary N) is 1. The van der Waals surface area contributed by atoms with Gasteiger partial charge in [-0.3, -0.25) is 0 Å². The van der Waals surface area contributed by atoms with Crippen LogP contribution in [0.5, 0.6) is 0 Å². The maximum absolute atomic E-state index is 5.15. The van der Waals surface area contributed by atoms with Crippen molar-refractivity contribution in [3.8, 4) is 9.88 Å². The first kappa shape index (κ1) is 10.4. The van der Waals surface area contributed by atoms with E-state index in [0.717, 1.165) is 20.8 Å². The molecule has 2 heterocycles. The first-order chi connectivity index (χ1) is 8.36. The Morgan fingerprint density at radius 3 is 3.00 bits per heavy atom. The summed E-state index contributed by atoms with van der Waals surface area (Å²) in [6.07, 6.45) is 1.64. The van der Waals surface area contributed by atoms with Gasteiger partial charge in [0.25, 0.3) is 0 Å². The van der Waals surface area contributed by atoms with Crippen molar-refractivity contribution in [2.45, 2.75) is 0 Å². The van der Waals surface area contributed by atoms with Crippen molar-refractivity contribution in [1.82, 2.24) is 4.98 Å². The summed E-state index contributed by atoms with van der Waals surface area (Å²) in [5.74, 6) is 5.15. The number of nitrogens with zero attached hydrogens (tertiary/aromatic N) is 2. The third-order valence-electron chi connectivity index (χ3n) is 2.37. The van der Waals surface area contributed by atoms with E-state index < -0.39 is 0 Å². The number of benzene rings is 1. The summed E-state index contributed by atoms with van der Waals surface area (Å²) < 4.78 is 1.16. The fourth-order valence-corrected chi connectivity index (χ4v) is 3.42. The zero-order chi connectivity index (χ0) is 11.7. The summed E-state index contributed by atoms with van der Waals surface area (Å²) in [6.45, 7) is 0. The lowest BCUT2D eigenvalue weighted by molar-refractivity contribution is 1.26. The Hall–Kier alpha value is -1.72. The minimum absolute atomic E-state index is 1.00. The first-order valence-electron chi connectivity index (χ1n) is 5.04. The average Bonchev–Trinajstić information content (AvgIpc) is 2.97. The average molecular weight is 259 g/mol. The van der Waals surface area contributed by atoms with Crippen LogP contribution in [0.25, 0.3) is 20.1 Å². The van der Waals surface area contributed by atoms with E-state index in [4.69, 9.17) is 5.84 Å². The molecule has 2 N–H and O–H groups in total. The lowest BCUT2D eigenvalue weighted by atomic mass is 10.2. The summed E-state index contributed by atoms with van der Waals surface area (Å²) in [6, 6.07) is 10.2. The maximum Gasteiger partial charge on any atom is 0.134 e. The van der Waals surface area contributed by atoms with E-state index in [1.807, 2.05) is 18.2 Å². The Kier molecular flexibility index (Phi) is 2.62. The second-order valence-electron chi connectivity index (χ2n) is 3.50. The Bertz CT molecular complexity index is 668. The highest BCUT2D eigenvalue weighted by Gasteiger charge is 2.06. The van der Waals surface area contributed by atoms with Crippen LogP contribution in [0.1, 0.15) is 5.56 Å². The normalized spacial score (nSPS) is 11.5. The van der Waals surface area contributed by atoms with Gasteiger partial charge < -0.3 is 5.84 Å². The topological polar surface area (TPSA) is 51.3 Å². The van der Waals surface area contributed by atoms with Crippen molar-refractivity contribution in [2.24, 2.45) is 10.9 Å². The SMILES string of the molecule is NN=Cc1ccc2nc(-c3cccs3)sc2c1. The second-order valence-corrected chi connectivity index (χ2v) is 5.48. The molecule has 84 valence electrons. The van der Waals surface area contributed by atoms with Crippen LogP contribution in [0.15, 0.2) is 40.8 Å². The predicted molar refractivity (Wildman–Crippen MR) is 74.7 cm³/mol. The van der Waals surface area contributed by atoms with Gasteiger partial charge in [0.2, 0.25) is 0 Å². The van der Waals surface area contributed by atoms with Crippen LogP contribution in [0.3, 0.4) is 0 Å². The highest BCUT2D eigenvalue weighted by molar-refractivity contribution is 7.25. The molecule has 3 nitrogen and oxygen atoms in total. The molecule has 0 saturated carbocycles. The maximum atomic E-state index is 5.15. The number of thiazole rings is 1. The molecule has 0 aliphatic rings. The third-order valence-corrected chi connectivity index (χ3v) is 4.43. The van der Waals surface area contributed by atoms with E-state index in [-0.39, 0.29) is 0 Å². The Balaban J connectivity index is 2.13. The fourth-order valence-electron chi connectivity index (χ4n) is 1.61. The number of rotatable bonds is 2. The molecule has 0 fully saturated rings. The molecular formula is C12H9N3S2. The molecule has 0 unspecified atom stereocenters. The van der Waals surface area contributed by atoms with E-state index in [1.54, 1.807) is 28.9 Å². The van der Waals surface area contributed by atoms with Gasteiger partial charge in [0.15, 0.2) is 0 Å². The van der Waals surface area contributed by atoms with Gasteiger partial charge in [-0.1, -0.05) is 12.1 Å². The quantitative estimate of drug-likeness (QED) is 0.436. The molecule has 0 aliphatic heterocycles. The molecule has 0 spiro atoms. The predicted octanol–water partition coefficient (Wildman–Crippen LogP) is 3.32. The summed E-state index contributed by atoms with van der Waals surface area (Å²) in [7, 11) is 0. The van der Waals surface area contributed by atoms with Crippen molar-refractivity contribution < 1.29 is 0 Å². The lowest BCUT2D eigenvalue weighted by Gasteiger charge is -1.90. The lowest BCUT2D eigenvalue weighted by Crippen LogP contribution is -1.85. The van der Waals surface area contributed by atoms with E-state index in [2.05, 4.69) is 27.6 Å². The fraction of sp³-hybridized carbons (Fsp3) is 0. The zero-order valence-electron chi connectivity index (χ0n) is 8.83. The first-order valence-corrected chi connectivity index (χ1v) is 6.74. The summed E-state index contributed by atoms with van der Waals surface area (Å²) >= 11 is 3.40. The third kappa shape index (κ3) is 1.94. The molecule has 0 aliphatic carbocycles. The number of hydrogen-bond acceptors (Lipinski definition) is 5. The van der Waals surface area contributed by atoms with Crippen LogP contribution in [-0.4, -0.2) is 11.2 Å². The van der Waals surface area contributed by atoms with Crippen LogP contribution in [-0.2, 0) is 0 Å². The van der Waals surface area contributed by atoms with E-state index in [0.29, 0.717) is 0 Å². The Morgan fingerprint density at radius 2 is 2.24 bits per heavy atom. The molecule has 0 radical (unpaired) electrons. The molecule has 5 heteroatoms. The highest BCUT2D eigenvalue weighted by Crippen LogP contribution is 2.32. The summed E-state index contributed by atoms with van der Waals surface area (Å²) in [5, 5.41) is 6.66. The largest absolute Gasteiger partial charge is 0.323 e. The Morgan fingerprint density at radius 1 is 1.29 bits per heavy atom. The van der Waals surface area contributed by atoms with Gasteiger partial charge in [-0.25, -0.2) is 4.98 Å². The van der Waals surface area contributed by atoms with E-state index >= 15 is 0 Å². The molecular weight excluding hydrogens is 250 g/mol. The van der Waals surface area contributed by atoms with Crippen molar-refractivity contribution in [2.75, 3.05) is 0 Å². The molecule has 17 heavy (non-hydrogen) atoms. The van der Waals surface area contributed by atoms with Gasteiger partial charge in [0.05, 0.1) is 21.3 Å². The minimum atomic E-state index is 1.00. The van der Waals surface area contributed by atoms with E-state index in [1.165, 1.54) is 4.88 Å². The molecule has 2 aromatic heterocycles. The summed E-state index contributed by atoms with van der Waals surface area (Å²) in [5.41, 5.74) is 2.02. The minimum Gasteiger partial charge on any atom is -0.323 e. The van der Waals surface area contributed by atoms with Crippen LogP contribution >= 0.6 is 22.7 Å². The second kappa shape index (κ2) is 4.27. The molecule has 3 aromatic rings. The summed E-state index contributed by atoms with van der Waals surface area (Å²) in [4.78, 5) is 5.82. The molecule has 0 atom stereocenters. The van der Waals surface area contributed by atoms with Crippen LogP contribution in [0.2, 0.25) is 0 Å². The molecule has 0 amide bonds.